The van der Waals surface area contributed by atoms with Gasteiger partial charge in [-0.3, -0.25) is 9.69 Å². The monoisotopic (exact) mass is 377 g/mol. The van der Waals surface area contributed by atoms with Gasteiger partial charge >= 0.3 is 0 Å². The Bertz CT molecular complexity index is 764. The van der Waals surface area contributed by atoms with Crippen LogP contribution >= 0.6 is 22.9 Å². The van der Waals surface area contributed by atoms with Crippen molar-refractivity contribution in [2.75, 3.05) is 19.7 Å². The highest BCUT2D eigenvalue weighted by Crippen LogP contribution is 2.30. The van der Waals surface area contributed by atoms with Gasteiger partial charge in [0.05, 0.1) is 17.7 Å². The molecule has 2 aliphatic heterocycles. The van der Waals surface area contributed by atoms with Gasteiger partial charge < -0.3 is 10.1 Å². The third-order valence-electron chi connectivity index (χ3n) is 4.85. The summed E-state index contributed by atoms with van der Waals surface area (Å²) in [6, 6.07) is 8.35. The zero-order chi connectivity index (χ0) is 17.4. The van der Waals surface area contributed by atoms with Crippen LogP contribution in [0.4, 0.5) is 0 Å². The van der Waals surface area contributed by atoms with Crippen LogP contribution in [0.3, 0.4) is 0 Å². The average molecular weight is 378 g/mol. The smallest absolute Gasteiger partial charge is 0.271 e. The number of ether oxygens (including phenoxy) is 1. The number of hydrogen-bond acceptors (Lipinski definition) is 5. The minimum absolute atomic E-state index is 0.0594. The van der Waals surface area contributed by atoms with Crippen molar-refractivity contribution in [2.24, 2.45) is 0 Å². The summed E-state index contributed by atoms with van der Waals surface area (Å²) in [6.07, 6.45) is 0.978. The van der Waals surface area contributed by atoms with Crippen molar-refractivity contribution in [3.8, 4) is 0 Å². The average Bonchev–Trinajstić information content (AvgIpc) is 3.20. The molecule has 4 rings (SSSR count). The van der Waals surface area contributed by atoms with Crippen molar-refractivity contribution in [1.82, 2.24) is 15.2 Å². The Morgan fingerprint density at radius 3 is 2.88 bits per heavy atom. The van der Waals surface area contributed by atoms with Crippen LogP contribution < -0.4 is 5.32 Å². The molecule has 1 aromatic carbocycles. The van der Waals surface area contributed by atoms with E-state index in [2.05, 4.69) is 15.2 Å². The normalized spacial score (nSPS) is 26.4. The molecular weight excluding hydrogens is 358 g/mol. The number of benzene rings is 1. The molecule has 7 heteroatoms. The Labute approximate surface area is 156 Å². The van der Waals surface area contributed by atoms with E-state index in [0.29, 0.717) is 18.3 Å². The van der Waals surface area contributed by atoms with Crippen molar-refractivity contribution in [1.29, 1.82) is 0 Å². The molecule has 2 fully saturated rings. The molecule has 1 amide bonds. The van der Waals surface area contributed by atoms with Crippen molar-refractivity contribution in [3.05, 3.63) is 50.9 Å². The second-order valence-electron chi connectivity index (χ2n) is 6.64. The number of hydrogen-bond donors (Lipinski definition) is 1. The Kier molecular flexibility index (Phi) is 4.78. The zero-order valence-corrected chi connectivity index (χ0v) is 15.5. The van der Waals surface area contributed by atoms with Gasteiger partial charge in [0.1, 0.15) is 5.69 Å². The number of amides is 1. The summed E-state index contributed by atoms with van der Waals surface area (Å²) in [6.45, 7) is 4.29. The van der Waals surface area contributed by atoms with E-state index in [1.165, 1.54) is 11.3 Å². The summed E-state index contributed by atoms with van der Waals surface area (Å²) in [4.78, 5) is 19.0. The van der Waals surface area contributed by atoms with E-state index >= 15 is 0 Å². The van der Waals surface area contributed by atoms with Crippen LogP contribution in [0.2, 0.25) is 5.02 Å². The predicted molar refractivity (Wildman–Crippen MR) is 98.2 cm³/mol. The van der Waals surface area contributed by atoms with Crippen molar-refractivity contribution >= 4 is 28.8 Å². The fourth-order valence-corrected chi connectivity index (χ4v) is 4.30. The summed E-state index contributed by atoms with van der Waals surface area (Å²) >= 11 is 7.46. The van der Waals surface area contributed by atoms with Gasteiger partial charge in [0.15, 0.2) is 0 Å². The number of morpholine rings is 1. The highest BCUT2D eigenvalue weighted by atomic mass is 35.5. The molecule has 3 heterocycles. The first-order valence-electron chi connectivity index (χ1n) is 8.42. The third kappa shape index (κ3) is 3.72. The number of carbonyl (C=O) groups excluding carboxylic acids is 1. The van der Waals surface area contributed by atoms with E-state index in [1.807, 2.05) is 36.6 Å². The molecule has 1 aromatic heterocycles. The Balaban J connectivity index is 1.36. The fraction of sp³-hybridized carbons (Fsp3) is 0.444. The maximum atomic E-state index is 12.3. The second kappa shape index (κ2) is 7.03. The summed E-state index contributed by atoms with van der Waals surface area (Å²) in [7, 11) is 0. The van der Waals surface area contributed by atoms with Gasteiger partial charge in [0.25, 0.3) is 5.91 Å². The van der Waals surface area contributed by atoms with E-state index in [9.17, 15) is 4.79 Å². The fourth-order valence-electron chi connectivity index (χ4n) is 3.58. The quantitative estimate of drug-likeness (QED) is 0.893. The molecule has 2 aliphatic rings. The van der Waals surface area contributed by atoms with Crippen LogP contribution in [-0.2, 0) is 4.74 Å². The maximum absolute atomic E-state index is 12.3. The summed E-state index contributed by atoms with van der Waals surface area (Å²) in [5.74, 6) is -0.0793. The second-order valence-corrected chi connectivity index (χ2v) is 8.14. The largest absolute Gasteiger partial charge is 0.371 e. The first-order valence-corrected chi connectivity index (χ1v) is 9.68. The molecule has 132 valence electrons. The first kappa shape index (κ1) is 17.0. The number of nitrogens with one attached hydrogen (secondary N) is 1. The van der Waals surface area contributed by atoms with Crippen LogP contribution in [0.1, 0.15) is 33.6 Å². The van der Waals surface area contributed by atoms with Crippen molar-refractivity contribution in [3.63, 3.8) is 0 Å². The Hall–Kier alpha value is -1.47. The molecular formula is C18H20ClN3O2S. The van der Waals surface area contributed by atoms with Crippen LogP contribution in [0, 0.1) is 6.92 Å². The van der Waals surface area contributed by atoms with E-state index in [-0.39, 0.29) is 18.1 Å². The number of nitrogens with zero attached hydrogens (tertiary/aromatic N) is 2. The molecule has 0 saturated carbocycles. The molecule has 5 nitrogen and oxygen atoms in total. The van der Waals surface area contributed by atoms with Crippen LogP contribution in [0.5, 0.6) is 0 Å². The molecule has 0 radical (unpaired) electrons. The van der Waals surface area contributed by atoms with Gasteiger partial charge in [-0.2, -0.15) is 0 Å². The zero-order valence-electron chi connectivity index (χ0n) is 13.9. The highest BCUT2D eigenvalue weighted by Gasteiger charge is 2.38. The molecule has 2 saturated heterocycles. The van der Waals surface area contributed by atoms with Crippen molar-refractivity contribution in [2.45, 2.75) is 31.5 Å². The van der Waals surface area contributed by atoms with E-state index in [1.54, 1.807) is 0 Å². The maximum Gasteiger partial charge on any atom is 0.271 e. The first-order chi connectivity index (χ1) is 12.1. The van der Waals surface area contributed by atoms with Crippen LogP contribution in [0.25, 0.3) is 0 Å². The number of rotatable bonds is 3. The summed E-state index contributed by atoms with van der Waals surface area (Å²) < 4.78 is 6.05. The molecule has 2 aromatic rings. The topological polar surface area (TPSA) is 54.5 Å². The Morgan fingerprint density at radius 2 is 2.16 bits per heavy atom. The van der Waals surface area contributed by atoms with Gasteiger partial charge in [-0.1, -0.05) is 23.7 Å². The van der Waals surface area contributed by atoms with E-state index < -0.39 is 0 Å². The minimum atomic E-state index is -0.0793. The highest BCUT2D eigenvalue weighted by molar-refractivity contribution is 7.09. The molecule has 0 unspecified atom stereocenters. The van der Waals surface area contributed by atoms with Gasteiger partial charge in [-0.15, -0.1) is 11.3 Å². The lowest BCUT2D eigenvalue weighted by molar-refractivity contribution is -0.0502. The van der Waals surface area contributed by atoms with E-state index in [0.717, 1.165) is 35.1 Å². The molecule has 25 heavy (non-hydrogen) atoms. The lowest BCUT2D eigenvalue weighted by Gasteiger charge is -2.35. The third-order valence-corrected chi connectivity index (χ3v) is 5.87. The Morgan fingerprint density at radius 1 is 1.36 bits per heavy atom. The number of thiazole rings is 1. The number of halogens is 1. The van der Waals surface area contributed by atoms with Gasteiger partial charge in [0.2, 0.25) is 0 Å². The van der Waals surface area contributed by atoms with Gasteiger partial charge in [-0.05, 0) is 31.0 Å². The number of aromatic nitrogens is 1. The summed E-state index contributed by atoms with van der Waals surface area (Å²) in [5.41, 5.74) is 1.66. The molecule has 1 N–H and O–H groups in total. The van der Waals surface area contributed by atoms with Crippen LogP contribution in [0.15, 0.2) is 29.6 Å². The molecule has 0 aliphatic carbocycles. The molecule has 0 bridgehead atoms. The lowest BCUT2D eigenvalue weighted by Crippen LogP contribution is -2.43. The minimum Gasteiger partial charge on any atom is -0.371 e. The molecule has 3 atom stereocenters. The molecule has 0 spiro atoms. The van der Waals surface area contributed by atoms with Gasteiger partial charge in [-0.25, -0.2) is 4.98 Å². The standard InChI is InChI=1S/C18H20ClN3O2S/c1-11-20-16(10-25-11)18(23)21-14-6-15-9-24-17(8-22(15)7-14)12-2-4-13(19)5-3-12/h2-5,10,14-15,17H,6-9H2,1H3,(H,21,23)/t14-,15+,17-/m1/s1. The SMILES string of the molecule is Cc1nc(C(=O)N[C@@H]2C[C@H]3CO[C@@H](c4ccc(Cl)cc4)CN3C2)cs1. The van der Waals surface area contributed by atoms with Crippen LogP contribution in [-0.4, -0.2) is 47.6 Å². The van der Waals surface area contributed by atoms with Gasteiger partial charge in [0, 0.05) is 35.6 Å². The predicted octanol–water partition coefficient (Wildman–Crippen LogP) is 3.05. The number of fused-ring (bicyclic) bond motifs is 1. The van der Waals surface area contributed by atoms with Crippen molar-refractivity contribution < 1.29 is 9.53 Å². The number of carbonyl (C=O) groups is 1. The number of aryl methyl sites for hydroxylation is 1. The van der Waals surface area contributed by atoms with E-state index in [4.69, 9.17) is 16.3 Å². The summed E-state index contributed by atoms with van der Waals surface area (Å²) in [5, 5.41) is 6.57. The lowest BCUT2D eigenvalue weighted by atomic mass is 10.1.